The fourth-order valence-corrected chi connectivity index (χ4v) is 1.71. The van der Waals surface area contributed by atoms with Gasteiger partial charge in [0.1, 0.15) is 16.5 Å². The van der Waals surface area contributed by atoms with E-state index in [4.69, 9.17) is 27.4 Å². The van der Waals surface area contributed by atoms with Gasteiger partial charge in [0.05, 0.1) is 18.5 Å². The highest BCUT2D eigenvalue weighted by atomic mass is 32.1. The minimum atomic E-state index is 0.272. The molecule has 0 atom stereocenters. The topological polar surface area (TPSA) is 57.4 Å². The van der Waals surface area contributed by atoms with Crippen molar-refractivity contribution >= 4 is 17.2 Å². The van der Waals surface area contributed by atoms with Crippen LogP contribution in [0.5, 0.6) is 11.5 Å². The van der Waals surface area contributed by atoms with E-state index in [-0.39, 0.29) is 4.99 Å². The van der Waals surface area contributed by atoms with E-state index < -0.39 is 0 Å². The summed E-state index contributed by atoms with van der Waals surface area (Å²) in [5.41, 5.74) is 7.11. The van der Waals surface area contributed by atoms with Crippen molar-refractivity contribution in [1.82, 2.24) is 4.98 Å². The average Bonchev–Trinajstić information content (AvgIpc) is 2.40. The average molecular weight is 274 g/mol. The molecule has 0 fully saturated rings. The van der Waals surface area contributed by atoms with Gasteiger partial charge in [0.15, 0.2) is 0 Å². The highest BCUT2D eigenvalue weighted by Gasteiger charge is 2.02. The van der Waals surface area contributed by atoms with Crippen molar-refractivity contribution in [3.63, 3.8) is 0 Å². The standard InChI is InChI=1S/C14H14N2O2S/c1-17-9-10-3-2-4-11(7-10)18-12-5-6-13(14(15)19)16-8-12/h2-8H,9H2,1H3,(H2,15,19). The number of nitrogens with two attached hydrogens (primary N) is 1. The maximum absolute atomic E-state index is 5.70. The lowest BCUT2D eigenvalue weighted by atomic mass is 10.2. The van der Waals surface area contributed by atoms with E-state index in [2.05, 4.69) is 4.98 Å². The third-order valence-corrected chi connectivity index (χ3v) is 2.64. The first-order valence-corrected chi connectivity index (χ1v) is 6.11. The second-order valence-electron chi connectivity index (χ2n) is 3.93. The highest BCUT2D eigenvalue weighted by Crippen LogP contribution is 2.21. The van der Waals surface area contributed by atoms with Crippen molar-refractivity contribution in [1.29, 1.82) is 0 Å². The molecule has 4 nitrogen and oxygen atoms in total. The largest absolute Gasteiger partial charge is 0.456 e. The van der Waals surface area contributed by atoms with Crippen molar-refractivity contribution in [2.24, 2.45) is 5.73 Å². The quantitative estimate of drug-likeness (QED) is 0.849. The molecule has 2 N–H and O–H groups in total. The monoisotopic (exact) mass is 274 g/mol. The van der Waals surface area contributed by atoms with Crippen molar-refractivity contribution in [3.8, 4) is 11.5 Å². The Hall–Kier alpha value is -1.98. The first-order chi connectivity index (χ1) is 9.19. The molecule has 1 aromatic carbocycles. The molecule has 19 heavy (non-hydrogen) atoms. The number of methoxy groups -OCH3 is 1. The molecule has 2 rings (SSSR count). The molecule has 0 aliphatic rings. The zero-order chi connectivity index (χ0) is 13.7. The van der Waals surface area contributed by atoms with Crippen molar-refractivity contribution < 1.29 is 9.47 Å². The normalized spacial score (nSPS) is 10.2. The summed E-state index contributed by atoms with van der Waals surface area (Å²) in [6.07, 6.45) is 1.59. The van der Waals surface area contributed by atoms with Gasteiger partial charge in [-0.15, -0.1) is 0 Å². The summed E-state index contributed by atoms with van der Waals surface area (Å²) in [7, 11) is 1.66. The lowest BCUT2D eigenvalue weighted by Gasteiger charge is -2.07. The van der Waals surface area contributed by atoms with Gasteiger partial charge in [-0.05, 0) is 29.8 Å². The number of thiocarbonyl (C=S) groups is 1. The first kappa shape index (κ1) is 13.5. The van der Waals surface area contributed by atoms with Crippen LogP contribution in [0.3, 0.4) is 0 Å². The number of hydrogen-bond donors (Lipinski definition) is 1. The molecule has 0 saturated heterocycles. The van der Waals surface area contributed by atoms with Gasteiger partial charge in [0, 0.05) is 7.11 Å². The van der Waals surface area contributed by atoms with Crippen LogP contribution >= 0.6 is 12.2 Å². The van der Waals surface area contributed by atoms with Gasteiger partial charge in [-0.1, -0.05) is 24.4 Å². The Labute approximate surface area is 117 Å². The smallest absolute Gasteiger partial charge is 0.145 e. The number of hydrogen-bond acceptors (Lipinski definition) is 4. The second kappa shape index (κ2) is 6.26. The number of benzene rings is 1. The molecular weight excluding hydrogens is 260 g/mol. The minimum Gasteiger partial charge on any atom is -0.456 e. The maximum Gasteiger partial charge on any atom is 0.145 e. The first-order valence-electron chi connectivity index (χ1n) is 5.70. The van der Waals surface area contributed by atoms with Gasteiger partial charge < -0.3 is 15.2 Å². The van der Waals surface area contributed by atoms with Crippen LogP contribution in [0.25, 0.3) is 0 Å². The van der Waals surface area contributed by atoms with Crippen LogP contribution in [-0.2, 0) is 11.3 Å². The molecule has 0 bridgehead atoms. The molecule has 1 aromatic heterocycles. The van der Waals surface area contributed by atoms with Crippen LogP contribution in [-0.4, -0.2) is 17.1 Å². The maximum atomic E-state index is 5.70. The highest BCUT2D eigenvalue weighted by molar-refractivity contribution is 7.80. The van der Waals surface area contributed by atoms with Crippen LogP contribution in [0.4, 0.5) is 0 Å². The summed E-state index contributed by atoms with van der Waals surface area (Å²) < 4.78 is 10.8. The molecule has 0 amide bonds. The third-order valence-electron chi connectivity index (χ3n) is 2.43. The Kier molecular flexibility index (Phi) is 4.43. The predicted octanol–water partition coefficient (Wildman–Crippen LogP) is 2.65. The van der Waals surface area contributed by atoms with Gasteiger partial charge in [0.2, 0.25) is 0 Å². The van der Waals surface area contributed by atoms with E-state index >= 15 is 0 Å². The van der Waals surface area contributed by atoms with Gasteiger partial charge in [-0.3, -0.25) is 0 Å². The number of pyridine rings is 1. The molecule has 0 unspecified atom stereocenters. The molecule has 5 heteroatoms. The molecule has 0 saturated carbocycles. The molecule has 2 aromatic rings. The lowest BCUT2D eigenvalue weighted by molar-refractivity contribution is 0.184. The Morgan fingerprint density at radius 2 is 2.11 bits per heavy atom. The number of ether oxygens (including phenoxy) is 2. The lowest BCUT2D eigenvalue weighted by Crippen LogP contribution is -2.10. The Morgan fingerprint density at radius 3 is 2.74 bits per heavy atom. The molecule has 1 heterocycles. The second-order valence-corrected chi connectivity index (χ2v) is 4.37. The summed E-state index contributed by atoms with van der Waals surface area (Å²) in [4.78, 5) is 4.39. The number of nitrogens with zero attached hydrogens (tertiary/aromatic N) is 1. The van der Waals surface area contributed by atoms with Crippen LogP contribution in [0.1, 0.15) is 11.3 Å². The minimum absolute atomic E-state index is 0.272. The Morgan fingerprint density at radius 1 is 1.26 bits per heavy atom. The van der Waals surface area contributed by atoms with Gasteiger partial charge in [0.25, 0.3) is 0 Å². The molecular formula is C14H14N2O2S. The molecule has 0 radical (unpaired) electrons. The van der Waals surface area contributed by atoms with E-state index in [0.717, 1.165) is 11.3 Å². The van der Waals surface area contributed by atoms with Gasteiger partial charge in [-0.2, -0.15) is 0 Å². The summed E-state index contributed by atoms with van der Waals surface area (Å²) in [5.74, 6) is 1.37. The van der Waals surface area contributed by atoms with Crippen LogP contribution in [0.15, 0.2) is 42.6 Å². The zero-order valence-corrected chi connectivity index (χ0v) is 11.3. The van der Waals surface area contributed by atoms with E-state index in [1.807, 2.05) is 24.3 Å². The predicted molar refractivity (Wildman–Crippen MR) is 77.4 cm³/mol. The summed E-state index contributed by atoms with van der Waals surface area (Å²) in [6.45, 7) is 0.551. The molecule has 0 aliphatic heterocycles. The summed E-state index contributed by atoms with van der Waals surface area (Å²) in [6, 6.07) is 11.2. The van der Waals surface area contributed by atoms with Crippen LogP contribution < -0.4 is 10.5 Å². The van der Waals surface area contributed by atoms with Crippen molar-refractivity contribution in [3.05, 3.63) is 53.9 Å². The van der Waals surface area contributed by atoms with Crippen LogP contribution in [0.2, 0.25) is 0 Å². The van der Waals surface area contributed by atoms with E-state index in [9.17, 15) is 0 Å². The van der Waals surface area contributed by atoms with E-state index in [0.29, 0.717) is 18.1 Å². The van der Waals surface area contributed by atoms with Crippen LogP contribution in [0, 0.1) is 0 Å². The number of rotatable bonds is 5. The van der Waals surface area contributed by atoms with Crippen molar-refractivity contribution in [2.45, 2.75) is 6.61 Å². The summed E-state index contributed by atoms with van der Waals surface area (Å²) >= 11 is 4.84. The van der Waals surface area contributed by atoms with E-state index in [1.165, 1.54) is 0 Å². The Balaban J connectivity index is 2.12. The number of aromatic nitrogens is 1. The molecule has 0 spiro atoms. The van der Waals surface area contributed by atoms with Crippen molar-refractivity contribution in [2.75, 3.05) is 7.11 Å². The molecule has 98 valence electrons. The summed E-state index contributed by atoms with van der Waals surface area (Å²) in [5, 5.41) is 0. The van der Waals surface area contributed by atoms with Gasteiger partial charge in [-0.25, -0.2) is 4.98 Å². The SMILES string of the molecule is COCc1cccc(Oc2ccc(C(N)=S)nc2)c1. The molecule has 0 aliphatic carbocycles. The Bertz CT molecular complexity index is 570. The fourth-order valence-electron chi connectivity index (χ4n) is 1.59. The fraction of sp³-hybridized carbons (Fsp3) is 0.143. The zero-order valence-electron chi connectivity index (χ0n) is 10.5. The van der Waals surface area contributed by atoms with E-state index in [1.54, 1.807) is 25.4 Å². The van der Waals surface area contributed by atoms with Gasteiger partial charge >= 0.3 is 0 Å². The third kappa shape index (κ3) is 3.74.